The van der Waals surface area contributed by atoms with E-state index in [1.54, 1.807) is 12.1 Å². The third kappa shape index (κ3) is 5.25. The largest absolute Gasteiger partial charge is 0.496 e. The number of carbonyl (C=O) groups is 1. The zero-order valence-electron chi connectivity index (χ0n) is 21.6. The molecule has 1 aliphatic carbocycles. The van der Waals surface area contributed by atoms with E-state index >= 15 is 0 Å². The fourth-order valence-electron chi connectivity index (χ4n) is 5.33. The molecule has 0 bridgehead atoms. The highest BCUT2D eigenvalue weighted by Crippen LogP contribution is 2.44. The molecule has 1 amide bonds. The van der Waals surface area contributed by atoms with Crippen molar-refractivity contribution in [2.75, 3.05) is 12.9 Å². The van der Waals surface area contributed by atoms with Gasteiger partial charge in [0, 0.05) is 5.92 Å². The second kappa shape index (κ2) is 11.3. The second-order valence-electron chi connectivity index (χ2n) is 9.52. The number of hydrazone groups is 1. The lowest BCUT2D eigenvalue weighted by molar-refractivity contribution is -0.130. The molecule has 1 saturated carbocycles. The van der Waals surface area contributed by atoms with Crippen molar-refractivity contribution in [1.29, 1.82) is 0 Å². The van der Waals surface area contributed by atoms with Crippen molar-refractivity contribution in [3.05, 3.63) is 102 Å². The monoisotopic (exact) mass is 536 g/mol. The van der Waals surface area contributed by atoms with Gasteiger partial charge in [-0.15, -0.1) is 10.2 Å². The van der Waals surface area contributed by atoms with Gasteiger partial charge in [0.25, 0.3) is 17.0 Å². The highest BCUT2D eigenvalue weighted by Gasteiger charge is 2.43. The van der Waals surface area contributed by atoms with Crippen LogP contribution in [0.3, 0.4) is 0 Å². The summed E-state index contributed by atoms with van der Waals surface area (Å²) in [6, 6.07) is 27.8. The molecular formula is C31H28N4O3S. The van der Waals surface area contributed by atoms with Gasteiger partial charge in [-0.1, -0.05) is 84.6 Å². The van der Waals surface area contributed by atoms with E-state index in [-0.39, 0.29) is 23.6 Å². The van der Waals surface area contributed by atoms with Crippen molar-refractivity contribution in [1.82, 2.24) is 15.2 Å². The zero-order valence-corrected chi connectivity index (χ0v) is 22.4. The van der Waals surface area contributed by atoms with Crippen LogP contribution in [0.1, 0.15) is 36.4 Å². The SMILES string of the molecule is COc1ccccc1-c1nnc(SCC(=O)N2N=C3/C(=C/c4ccccc4)CCC[C@@H]3[C@@H]2c2ccccc2)o1. The molecule has 1 aliphatic heterocycles. The fraction of sp³-hybridized carbons (Fsp3) is 0.226. The number of amides is 1. The Bertz CT molecular complexity index is 1520. The lowest BCUT2D eigenvalue weighted by atomic mass is 9.77. The van der Waals surface area contributed by atoms with E-state index < -0.39 is 0 Å². The predicted octanol–water partition coefficient (Wildman–Crippen LogP) is 6.66. The third-order valence-corrected chi connectivity index (χ3v) is 7.90. The molecule has 7 nitrogen and oxygen atoms in total. The summed E-state index contributed by atoms with van der Waals surface area (Å²) in [7, 11) is 1.60. The molecular weight excluding hydrogens is 508 g/mol. The number of thioether (sulfide) groups is 1. The lowest BCUT2D eigenvalue weighted by Crippen LogP contribution is -2.32. The van der Waals surface area contributed by atoms with Crippen LogP contribution in [-0.4, -0.2) is 39.7 Å². The first-order valence-corrected chi connectivity index (χ1v) is 14.0. The van der Waals surface area contributed by atoms with E-state index in [1.165, 1.54) is 17.3 Å². The lowest BCUT2D eigenvalue weighted by Gasteiger charge is -2.29. The van der Waals surface area contributed by atoms with Crippen LogP contribution in [0.2, 0.25) is 0 Å². The summed E-state index contributed by atoms with van der Waals surface area (Å²) in [5, 5.41) is 15.3. The molecule has 2 aliphatic rings. The van der Waals surface area contributed by atoms with Crippen molar-refractivity contribution in [2.24, 2.45) is 11.0 Å². The van der Waals surface area contributed by atoms with Crippen molar-refractivity contribution < 1.29 is 13.9 Å². The van der Waals surface area contributed by atoms with Crippen molar-refractivity contribution in [3.8, 4) is 17.2 Å². The minimum absolute atomic E-state index is 0.0909. The summed E-state index contributed by atoms with van der Waals surface area (Å²) in [4.78, 5) is 13.7. The van der Waals surface area contributed by atoms with Crippen molar-refractivity contribution in [3.63, 3.8) is 0 Å². The summed E-state index contributed by atoms with van der Waals surface area (Å²) < 4.78 is 11.3. The smallest absolute Gasteiger partial charge is 0.277 e. The number of hydrogen-bond donors (Lipinski definition) is 0. The van der Waals surface area contributed by atoms with Gasteiger partial charge in [-0.05, 0) is 54.2 Å². The predicted molar refractivity (Wildman–Crippen MR) is 152 cm³/mol. The highest BCUT2D eigenvalue weighted by atomic mass is 32.2. The van der Waals surface area contributed by atoms with E-state index in [1.807, 2.05) is 60.7 Å². The Morgan fingerprint density at radius 1 is 1.03 bits per heavy atom. The number of methoxy groups -OCH3 is 1. The average Bonchev–Trinajstić information content (AvgIpc) is 3.63. The average molecular weight is 537 g/mol. The number of aromatic nitrogens is 2. The van der Waals surface area contributed by atoms with E-state index in [9.17, 15) is 4.79 Å². The summed E-state index contributed by atoms with van der Waals surface area (Å²) in [6.07, 6.45) is 5.23. The first kappa shape index (κ1) is 25.1. The number of nitrogens with zero attached hydrogens (tertiary/aromatic N) is 4. The molecule has 0 radical (unpaired) electrons. The first-order chi connectivity index (χ1) is 19.2. The normalized spacial score (nSPS) is 19.6. The van der Waals surface area contributed by atoms with Gasteiger partial charge in [0.1, 0.15) is 5.75 Å². The quantitative estimate of drug-likeness (QED) is 0.246. The van der Waals surface area contributed by atoms with Crippen LogP contribution in [0.15, 0.2) is 105 Å². The number of hydrogen-bond acceptors (Lipinski definition) is 7. The zero-order chi connectivity index (χ0) is 26.6. The van der Waals surface area contributed by atoms with Gasteiger partial charge in [-0.25, -0.2) is 5.01 Å². The molecule has 6 rings (SSSR count). The number of rotatable bonds is 7. The topological polar surface area (TPSA) is 80.8 Å². The fourth-order valence-corrected chi connectivity index (χ4v) is 5.94. The van der Waals surface area contributed by atoms with E-state index in [4.69, 9.17) is 14.3 Å². The van der Waals surface area contributed by atoms with Gasteiger partial charge >= 0.3 is 0 Å². The Morgan fingerprint density at radius 3 is 2.56 bits per heavy atom. The van der Waals surface area contributed by atoms with Crippen LogP contribution < -0.4 is 4.74 Å². The molecule has 0 unspecified atom stereocenters. The molecule has 39 heavy (non-hydrogen) atoms. The molecule has 196 valence electrons. The molecule has 0 saturated heterocycles. The number of allylic oxidation sites excluding steroid dienone is 1. The van der Waals surface area contributed by atoms with E-state index in [0.29, 0.717) is 22.4 Å². The summed E-state index contributed by atoms with van der Waals surface area (Å²) in [5.41, 5.74) is 5.18. The molecule has 0 N–H and O–H groups in total. The Hall–Kier alpha value is -4.17. The summed E-state index contributed by atoms with van der Waals surface area (Å²) >= 11 is 1.22. The minimum Gasteiger partial charge on any atom is -0.496 e. The molecule has 2 heterocycles. The number of ether oxygens (including phenoxy) is 1. The molecule has 1 aromatic heterocycles. The molecule has 2 atom stereocenters. The number of fused-ring (bicyclic) bond motifs is 1. The first-order valence-electron chi connectivity index (χ1n) is 13.0. The van der Waals surface area contributed by atoms with E-state index in [2.05, 4.69) is 40.5 Å². The van der Waals surface area contributed by atoms with Crippen LogP contribution in [0.25, 0.3) is 17.5 Å². The van der Waals surface area contributed by atoms with E-state index in [0.717, 1.165) is 36.1 Å². The van der Waals surface area contributed by atoms with Crippen LogP contribution in [-0.2, 0) is 4.79 Å². The van der Waals surface area contributed by atoms with Crippen LogP contribution in [0.5, 0.6) is 5.75 Å². The Morgan fingerprint density at radius 2 is 1.77 bits per heavy atom. The van der Waals surface area contributed by atoms with Crippen LogP contribution >= 0.6 is 11.8 Å². The van der Waals surface area contributed by atoms with Crippen LogP contribution in [0, 0.1) is 5.92 Å². The minimum atomic E-state index is -0.138. The number of carbonyl (C=O) groups excluding carboxylic acids is 1. The van der Waals surface area contributed by atoms with Gasteiger partial charge in [0.2, 0.25) is 0 Å². The van der Waals surface area contributed by atoms with Gasteiger partial charge in [-0.3, -0.25) is 4.79 Å². The standard InChI is InChI=1S/C31H28N4O3S/c1-37-26-18-9-8-16-24(26)30-32-33-31(38-30)39-20-27(36)35-29(22-13-6-3-7-14-22)25-17-10-15-23(28(25)34-35)19-21-11-4-2-5-12-21/h2-9,11-14,16,18-19,25,29H,10,15,17,20H2,1H3/b23-19+/t25-,29-/m0/s1. The molecule has 4 aromatic rings. The number of para-hydroxylation sites is 1. The molecule has 0 spiro atoms. The third-order valence-electron chi connectivity index (χ3n) is 7.10. The highest BCUT2D eigenvalue weighted by molar-refractivity contribution is 7.99. The van der Waals surface area contributed by atoms with Gasteiger partial charge < -0.3 is 9.15 Å². The second-order valence-corrected chi connectivity index (χ2v) is 10.4. The van der Waals surface area contributed by atoms with Crippen LogP contribution in [0.4, 0.5) is 0 Å². The Kier molecular flexibility index (Phi) is 7.27. The Balaban J connectivity index is 1.25. The summed E-state index contributed by atoms with van der Waals surface area (Å²) in [6.45, 7) is 0. The van der Waals surface area contributed by atoms with Gasteiger partial charge in [0.15, 0.2) is 0 Å². The maximum absolute atomic E-state index is 13.7. The molecule has 8 heteroatoms. The van der Waals surface area contributed by atoms with Gasteiger partial charge in [-0.2, -0.15) is 5.10 Å². The summed E-state index contributed by atoms with van der Waals surface area (Å²) in [5.74, 6) is 1.21. The maximum Gasteiger partial charge on any atom is 0.277 e. The molecule has 3 aromatic carbocycles. The number of benzene rings is 3. The Labute approximate surface area is 231 Å². The molecule has 1 fully saturated rings. The van der Waals surface area contributed by atoms with Crippen molar-refractivity contribution in [2.45, 2.75) is 30.5 Å². The van der Waals surface area contributed by atoms with Gasteiger partial charge in [0.05, 0.1) is 30.2 Å². The van der Waals surface area contributed by atoms with Crippen molar-refractivity contribution >= 4 is 29.5 Å². The maximum atomic E-state index is 13.7.